The molecule has 0 bridgehead atoms. The quantitative estimate of drug-likeness (QED) is 0.608. The fourth-order valence-electron chi connectivity index (χ4n) is 1.64. The Labute approximate surface area is 111 Å². The smallest absolute Gasteiger partial charge is 0.363 e. The van der Waals surface area contributed by atoms with E-state index in [1.54, 1.807) is 39.4 Å². The highest BCUT2D eigenvalue weighted by Crippen LogP contribution is 2.25. The normalized spacial score (nSPS) is 11.2. The Hall–Kier alpha value is -2.12. The summed E-state index contributed by atoms with van der Waals surface area (Å²) in [6.07, 6.45) is 0. The molecule has 0 radical (unpaired) electrons. The van der Waals surface area contributed by atoms with Gasteiger partial charge >= 0.3 is 5.82 Å². The molecule has 1 heterocycles. The molecule has 0 saturated carbocycles. The van der Waals surface area contributed by atoms with Crippen LogP contribution in [0.5, 0.6) is 0 Å². The minimum Gasteiger partial charge on any atom is -0.363 e. The van der Waals surface area contributed by atoms with Crippen molar-refractivity contribution in [3.05, 3.63) is 15.9 Å². The van der Waals surface area contributed by atoms with Crippen molar-refractivity contribution >= 4 is 17.5 Å². The van der Waals surface area contributed by atoms with Crippen LogP contribution in [0, 0.1) is 22.5 Å². The van der Waals surface area contributed by atoms with E-state index in [2.05, 4.69) is 15.6 Å². The van der Waals surface area contributed by atoms with E-state index in [4.69, 9.17) is 0 Å². The van der Waals surface area contributed by atoms with Crippen LogP contribution in [0.1, 0.15) is 19.7 Å². The number of imidazole rings is 1. The summed E-state index contributed by atoms with van der Waals surface area (Å²) in [5.74, 6) is 0.473. The van der Waals surface area contributed by atoms with Gasteiger partial charge in [0.1, 0.15) is 0 Å². The first kappa shape index (κ1) is 14.9. The molecule has 0 unspecified atom stereocenters. The molecule has 8 heteroatoms. The fraction of sp³-hybridized carbons (Fsp3) is 0.636. The molecule has 2 N–H and O–H groups in total. The minimum atomic E-state index is -0.680. The van der Waals surface area contributed by atoms with Crippen molar-refractivity contribution in [2.45, 2.75) is 20.8 Å². The van der Waals surface area contributed by atoms with Crippen LogP contribution in [0.3, 0.4) is 0 Å². The summed E-state index contributed by atoms with van der Waals surface area (Å²) in [7, 11) is 3.24. The maximum Gasteiger partial charge on any atom is 0.406 e. The van der Waals surface area contributed by atoms with Gasteiger partial charge in [-0.2, -0.15) is 0 Å². The first-order valence-corrected chi connectivity index (χ1v) is 5.84. The Morgan fingerprint density at radius 3 is 2.58 bits per heavy atom. The third kappa shape index (κ3) is 3.01. The van der Waals surface area contributed by atoms with E-state index >= 15 is 0 Å². The second-order valence-electron chi connectivity index (χ2n) is 4.96. The Kier molecular flexibility index (Phi) is 4.13. The topological polar surface area (TPSA) is 102 Å². The second-order valence-corrected chi connectivity index (χ2v) is 4.96. The van der Waals surface area contributed by atoms with Crippen molar-refractivity contribution in [1.82, 2.24) is 14.9 Å². The first-order chi connectivity index (χ1) is 8.70. The third-order valence-electron chi connectivity index (χ3n) is 3.01. The van der Waals surface area contributed by atoms with Crippen molar-refractivity contribution < 1.29 is 9.72 Å². The van der Waals surface area contributed by atoms with Gasteiger partial charge in [-0.1, -0.05) is 0 Å². The fourth-order valence-corrected chi connectivity index (χ4v) is 1.64. The molecule has 106 valence electrons. The molecule has 0 aromatic carbocycles. The molecular formula is C11H19N5O3. The van der Waals surface area contributed by atoms with Gasteiger partial charge in [-0.15, -0.1) is 0 Å². The average Bonchev–Trinajstić information content (AvgIpc) is 2.62. The van der Waals surface area contributed by atoms with Crippen LogP contribution in [0.2, 0.25) is 0 Å². The van der Waals surface area contributed by atoms with Crippen molar-refractivity contribution in [1.29, 1.82) is 0 Å². The summed E-state index contributed by atoms with van der Waals surface area (Å²) in [5, 5.41) is 16.4. The molecule has 1 aromatic rings. The Morgan fingerprint density at radius 1 is 1.53 bits per heavy atom. The number of amides is 1. The van der Waals surface area contributed by atoms with E-state index in [9.17, 15) is 14.9 Å². The first-order valence-electron chi connectivity index (χ1n) is 5.84. The zero-order chi connectivity index (χ0) is 14.8. The van der Waals surface area contributed by atoms with E-state index in [1.165, 1.54) is 0 Å². The van der Waals surface area contributed by atoms with Gasteiger partial charge in [0.25, 0.3) is 0 Å². The largest absolute Gasteiger partial charge is 0.406 e. The van der Waals surface area contributed by atoms with Crippen molar-refractivity contribution in [3.63, 3.8) is 0 Å². The zero-order valence-electron chi connectivity index (χ0n) is 11.8. The minimum absolute atomic E-state index is 0.137. The average molecular weight is 269 g/mol. The molecule has 0 aliphatic heterocycles. The molecule has 0 fully saturated rings. The molecule has 8 nitrogen and oxygen atoms in total. The number of aryl methyl sites for hydroxylation is 1. The van der Waals surface area contributed by atoms with Crippen LogP contribution in [0.25, 0.3) is 0 Å². The zero-order valence-corrected chi connectivity index (χ0v) is 11.8. The van der Waals surface area contributed by atoms with E-state index in [-0.39, 0.29) is 18.3 Å². The maximum absolute atomic E-state index is 11.7. The van der Waals surface area contributed by atoms with Gasteiger partial charge in [0.05, 0.1) is 5.41 Å². The van der Waals surface area contributed by atoms with Gasteiger partial charge < -0.3 is 20.7 Å². The van der Waals surface area contributed by atoms with Crippen LogP contribution in [-0.4, -0.2) is 34.0 Å². The van der Waals surface area contributed by atoms with Crippen molar-refractivity contribution in [3.8, 4) is 0 Å². The number of nitrogens with zero attached hydrogens (tertiary/aromatic N) is 3. The van der Waals surface area contributed by atoms with Crippen LogP contribution in [-0.2, 0) is 11.8 Å². The monoisotopic (exact) mass is 269 g/mol. The maximum atomic E-state index is 11.7. The summed E-state index contributed by atoms with van der Waals surface area (Å²) in [6, 6.07) is 0. The lowest BCUT2D eigenvalue weighted by atomic mass is 9.92. The molecule has 0 aliphatic rings. The number of hydrogen-bond acceptors (Lipinski definition) is 5. The molecule has 1 rings (SSSR count). The van der Waals surface area contributed by atoms with Crippen LogP contribution in [0.4, 0.5) is 11.6 Å². The highest BCUT2D eigenvalue weighted by Gasteiger charge is 2.29. The Bertz CT molecular complexity index is 507. The number of carbonyl (C=O) groups is 1. The number of aromatic nitrogens is 2. The molecular weight excluding hydrogens is 250 g/mol. The number of nitrogens with one attached hydrogen (secondary N) is 2. The van der Waals surface area contributed by atoms with Crippen molar-refractivity contribution in [2.75, 3.05) is 18.9 Å². The molecule has 19 heavy (non-hydrogen) atoms. The Balaban J connectivity index is 2.95. The summed E-state index contributed by atoms with van der Waals surface area (Å²) >= 11 is 0. The predicted molar refractivity (Wildman–Crippen MR) is 70.9 cm³/mol. The SMILES string of the molecule is CNC(=O)C(C)(C)CNc1c([N+](=O)[O-])nc(C)n1C. The third-order valence-corrected chi connectivity index (χ3v) is 3.01. The Morgan fingerprint density at radius 2 is 2.11 bits per heavy atom. The van der Waals surface area contributed by atoms with Gasteiger partial charge in [0, 0.05) is 27.6 Å². The van der Waals surface area contributed by atoms with E-state index < -0.39 is 10.3 Å². The number of anilines is 1. The number of carbonyl (C=O) groups excluding carboxylic acids is 1. The van der Waals surface area contributed by atoms with Crippen LogP contribution in [0.15, 0.2) is 0 Å². The predicted octanol–water partition coefficient (Wildman–Crippen LogP) is 0.821. The number of nitro groups is 1. The highest BCUT2D eigenvalue weighted by atomic mass is 16.6. The molecule has 0 spiro atoms. The molecule has 0 aliphatic carbocycles. The van der Waals surface area contributed by atoms with Gasteiger partial charge in [-0.25, -0.2) is 0 Å². The summed E-state index contributed by atoms with van der Waals surface area (Å²) in [5.41, 5.74) is -0.680. The summed E-state index contributed by atoms with van der Waals surface area (Å²) < 4.78 is 1.60. The lowest BCUT2D eigenvalue weighted by Gasteiger charge is -2.23. The van der Waals surface area contributed by atoms with Gasteiger partial charge in [0.15, 0.2) is 0 Å². The van der Waals surface area contributed by atoms with Crippen LogP contribution >= 0.6 is 0 Å². The molecule has 0 saturated heterocycles. The van der Waals surface area contributed by atoms with Gasteiger partial charge in [-0.05, 0) is 23.8 Å². The molecule has 1 amide bonds. The second kappa shape index (κ2) is 5.25. The van der Waals surface area contributed by atoms with Crippen LogP contribution < -0.4 is 10.6 Å². The molecule has 0 atom stereocenters. The van der Waals surface area contributed by atoms with Crippen molar-refractivity contribution in [2.24, 2.45) is 12.5 Å². The lowest BCUT2D eigenvalue weighted by Crippen LogP contribution is -2.39. The van der Waals surface area contributed by atoms with E-state index in [1.807, 2.05) is 0 Å². The number of hydrogen-bond donors (Lipinski definition) is 2. The van der Waals surface area contributed by atoms with E-state index in [0.717, 1.165) is 0 Å². The lowest BCUT2D eigenvalue weighted by molar-refractivity contribution is -0.388. The number of rotatable bonds is 5. The van der Waals surface area contributed by atoms with Gasteiger partial charge in [-0.3, -0.25) is 9.36 Å². The van der Waals surface area contributed by atoms with Gasteiger partial charge in [0.2, 0.25) is 17.5 Å². The standard InChI is InChI=1S/C11H19N5O3/c1-7-14-9(16(18)19)8(15(7)5)13-6-11(2,3)10(17)12-4/h13H,6H2,1-5H3,(H,12,17). The van der Waals surface area contributed by atoms with E-state index in [0.29, 0.717) is 11.6 Å². The summed E-state index contributed by atoms with van der Waals surface area (Å²) in [4.78, 5) is 25.9. The summed E-state index contributed by atoms with van der Waals surface area (Å²) in [6.45, 7) is 5.47. The molecule has 1 aromatic heterocycles. The highest BCUT2D eigenvalue weighted by molar-refractivity contribution is 5.82.